The molecule has 0 spiro atoms. The van der Waals surface area contributed by atoms with Gasteiger partial charge in [-0.3, -0.25) is 5.32 Å². The van der Waals surface area contributed by atoms with Crippen LogP contribution in [0.5, 0.6) is 0 Å². The number of benzene rings is 1. The molecule has 2 N–H and O–H groups in total. The molecule has 0 aliphatic heterocycles. The van der Waals surface area contributed by atoms with Gasteiger partial charge in [0.2, 0.25) is 0 Å². The average Bonchev–Trinajstić information content (AvgIpc) is 2.68. The van der Waals surface area contributed by atoms with Gasteiger partial charge in [0.15, 0.2) is 0 Å². The molecule has 1 amide bonds. The molecule has 0 aliphatic carbocycles. The highest BCUT2D eigenvalue weighted by Crippen LogP contribution is 2.26. The number of anilines is 1. The molecule has 0 fully saturated rings. The number of amides is 1. The number of rotatable bonds is 3. The van der Waals surface area contributed by atoms with Crippen molar-refractivity contribution in [2.24, 2.45) is 0 Å². The summed E-state index contributed by atoms with van der Waals surface area (Å²) in [5.41, 5.74) is 1.08. The summed E-state index contributed by atoms with van der Waals surface area (Å²) in [5, 5.41) is 12.7. The first-order valence-corrected chi connectivity index (χ1v) is 5.84. The molecule has 0 aliphatic rings. The van der Waals surface area contributed by atoms with Crippen molar-refractivity contribution in [1.82, 2.24) is 0 Å². The fourth-order valence-electron chi connectivity index (χ4n) is 1.52. The van der Waals surface area contributed by atoms with E-state index < -0.39 is 6.09 Å². The minimum absolute atomic E-state index is 0.276. The van der Waals surface area contributed by atoms with Gasteiger partial charge in [-0.2, -0.15) is 0 Å². The van der Waals surface area contributed by atoms with Gasteiger partial charge in [0.25, 0.3) is 0 Å². The highest BCUT2D eigenvalue weighted by molar-refractivity contribution is 7.10. The second-order valence-corrected chi connectivity index (χ2v) is 4.46. The van der Waals surface area contributed by atoms with E-state index in [-0.39, 0.29) is 5.82 Å². The smallest absolute Gasteiger partial charge is 0.409 e. The van der Waals surface area contributed by atoms with E-state index in [1.165, 1.54) is 17.4 Å². The van der Waals surface area contributed by atoms with Crippen LogP contribution in [0.1, 0.15) is 10.4 Å². The van der Waals surface area contributed by atoms with Crippen LogP contribution in [-0.2, 0) is 6.42 Å². The maximum absolute atomic E-state index is 13.4. The van der Waals surface area contributed by atoms with Gasteiger partial charge in [-0.05, 0) is 23.1 Å². The Bertz CT molecular complexity index is 539. The summed E-state index contributed by atoms with van der Waals surface area (Å²) in [7, 11) is 0. The van der Waals surface area contributed by atoms with Gasteiger partial charge in [-0.1, -0.05) is 18.2 Å². The lowest BCUT2D eigenvalue weighted by molar-refractivity contribution is 0.209. The molecule has 5 heteroatoms. The van der Waals surface area contributed by atoms with Crippen molar-refractivity contribution >= 4 is 23.1 Å². The third-order valence-corrected chi connectivity index (χ3v) is 3.22. The van der Waals surface area contributed by atoms with Crippen LogP contribution in [0.15, 0.2) is 35.7 Å². The monoisotopic (exact) mass is 251 g/mol. The standard InChI is InChI=1S/C12H10FNO2S/c13-9-4-2-1-3-8(9)7-11-10(5-6-17-11)14-12(15)16/h1-6,14H,7H2,(H,15,16). The first-order chi connectivity index (χ1) is 8.16. The molecular formula is C12H10FNO2S. The number of carbonyl (C=O) groups is 1. The van der Waals surface area contributed by atoms with Crippen molar-refractivity contribution < 1.29 is 14.3 Å². The van der Waals surface area contributed by atoms with E-state index in [0.29, 0.717) is 17.7 Å². The zero-order valence-electron chi connectivity index (χ0n) is 8.81. The second kappa shape index (κ2) is 4.97. The number of thiophene rings is 1. The van der Waals surface area contributed by atoms with Crippen molar-refractivity contribution in [3.05, 3.63) is 52.0 Å². The molecule has 2 aromatic rings. The van der Waals surface area contributed by atoms with Crippen molar-refractivity contribution in [2.75, 3.05) is 5.32 Å². The molecule has 1 aromatic heterocycles. The first-order valence-electron chi connectivity index (χ1n) is 4.96. The fourth-order valence-corrected chi connectivity index (χ4v) is 2.37. The molecule has 1 heterocycles. The van der Waals surface area contributed by atoms with Crippen molar-refractivity contribution in [1.29, 1.82) is 0 Å². The predicted molar refractivity (Wildman–Crippen MR) is 65.2 cm³/mol. The van der Waals surface area contributed by atoms with Crippen LogP contribution in [-0.4, -0.2) is 11.2 Å². The van der Waals surface area contributed by atoms with Gasteiger partial charge < -0.3 is 5.11 Å². The number of hydrogen-bond donors (Lipinski definition) is 2. The van der Waals surface area contributed by atoms with Crippen LogP contribution in [0, 0.1) is 5.82 Å². The largest absolute Gasteiger partial charge is 0.465 e. The molecule has 0 bridgehead atoms. The summed E-state index contributed by atoms with van der Waals surface area (Å²) >= 11 is 1.40. The lowest BCUT2D eigenvalue weighted by Crippen LogP contribution is -2.08. The molecule has 0 unspecified atom stereocenters. The summed E-state index contributed by atoms with van der Waals surface area (Å²) < 4.78 is 13.4. The third kappa shape index (κ3) is 2.82. The highest BCUT2D eigenvalue weighted by Gasteiger charge is 2.09. The van der Waals surface area contributed by atoms with Gasteiger partial charge in [-0.25, -0.2) is 9.18 Å². The number of hydrogen-bond acceptors (Lipinski definition) is 2. The molecule has 3 nitrogen and oxygen atoms in total. The van der Waals surface area contributed by atoms with Crippen molar-refractivity contribution in [2.45, 2.75) is 6.42 Å². The Balaban J connectivity index is 2.22. The lowest BCUT2D eigenvalue weighted by atomic mass is 10.1. The van der Waals surface area contributed by atoms with E-state index in [9.17, 15) is 9.18 Å². The predicted octanol–water partition coefficient (Wildman–Crippen LogP) is 3.57. The van der Waals surface area contributed by atoms with E-state index in [4.69, 9.17) is 5.11 Å². The van der Waals surface area contributed by atoms with Crippen molar-refractivity contribution in [3.63, 3.8) is 0 Å². The number of nitrogens with one attached hydrogen (secondary N) is 1. The number of carboxylic acid groups (broad SMARTS) is 1. The SMILES string of the molecule is O=C(O)Nc1ccsc1Cc1ccccc1F. The molecule has 0 radical (unpaired) electrons. The second-order valence-electron chi connectivity index (χ2n) is 3.46. The fraction of sp³-hybridized carbons (Fsp3) is 0.0833. The highest BCUT2D eigenvalue weighted by atomic mass is 32.1. The van der Waals surface area contributed by atoms with Gasteiger partial charge in [0, 0.05) is 11.3 Å². The normalized spacial score (nSPS) is 10.2. The minimum atomic E-state index is -1.11. The minimum Gasteiger partial charge on any atom is -0.465 e. The summed E-state index contributed by atoms with van der Waals surface area (Å²) in [5.74, 6) is -0.276. The molecular weight excluding hydrogens is 241 g/mol. The summed E-state index contributed by atoms with van der Waals surface area (Å²) in [6, 6.07) is 8.15. The van der Waals surface area contributed by atoms with Crippen LogP contribution >= 0.6 is 11.3 Å². The van der Waals surface area contributed by atoms with Crippen molar-refractivity contribution in [3.8, 4) is 0 Å². The molecule has 88 valence electrons. The first kappa shape index (κ1) is 11.6. The Kier molecular flexibility index (Phi) is 3.39. The van der Waals surface area contributed by atoms with Crippen LogP contribution in [0.4, 0.5) is 14.9 Å². The van der Waals surface area contributed by atoms with Gasteiger partial charge in [0.1, 0.15) is 5.82 Å². The molecule has 0 atom stereocenters. The van der Waals surface area contributed by atoms with Crippen LogP contribution in [0.2, 0.25) is 0 Å². The Hall–Kier alpha value is -1.88. The average molecular weight is 251 g/mol. The van der Waals surface area contributed by atoms with Crippen LogP contribution in [0.25, 0.3) is 0 Å². The Morgan fingerprint density at radius 1 is 1.35 bits per heavy atom. The zero-order valence-corrected chi connectivity index (χ0v) is 9.63. The molecule has 1 aromatic carbocycles. The van der Waals surface area contributed by atoms with E-state index >= 15 is 0 Å². The lowest BCUT2D eigenvalue weighted by Gasteiger charge is -2.04. The van der Waals surface area contributed by atoms with Gasteiger partial charge >= 0.3 is 6.09 Å². The van der Waals surface area contributed by atoms with E-state index in [1.54, 1.807) is 29.6 Å². The topological polar surface area (TPSA) is 49.3 Å². The van der Waals surface area contributed by atoms with Gasteiger partial charge in [0.05, 0.1) is 5.69 Å². The molecule has 17 heavy (non-hydrogen) atoms. The van der Waals surface area contributed by atoms with Crippen LogP contribution in [0.3, 0.4) is 0 Å². The third-order valence-electron chi connectivity index (χ3n) is 2.30. The van der Waals surface area contributed by atoms with E-state index in [1.807, 2.05) is 0 Å². The molecule has 0 saturated carbocycles. The Morgan fingerprint density at radius 2 is 2.12 bits per heavy atom. The molecule has 2 rings (SSSR count). The quantitative estimate of drug-likeness (QED) is 0.876. The summed E-state index contributed by atoms with van der Waals surface area (Å²) in [6.45, 7) is 0. The van der Waals surface area contributed by atoms with E-state index in [2.05, 4.69) is 5.32 Å². The Morgan fingerprint density at radius 3 is 2.82 bits per heavy atom. The summed E-state index contributed by atoms with van der Waals surface area (Å²) in [4.78, 5) is 11.4. The van der Waals surface area contributed by atoms with E-state index in [0.717, 1.165) is 4.88 Å². The maximum atomic E-state index is 13.4. The Labute approximate surface area is 102 Å². The number of halogens is 1. The van der Waals surface area contributed by atoms with Gasteiger partial charge in [-0.15, -0.1) is 11.3 Å². The summed E-state index contributed by atoms with van der Waals surface area (Å²) in [6.07, 6.45) is -0.724. The van der Waals surface area contributed by atoms with Crippen LogP contribution < -0.4 is 5.32 Å². The molecule has 0 saturated heterocycles. The zero-order chi connectivity index (χ0) is 12.3. The maximum Gasteiger partial charge on any atom is 0.409 e.